The molecular weight excluding hydrogens is 296 g/mol. The minimum Gasteiger partial charge on any atom is -0.468 e. The molecule has 0 amide bonds. The SMILES string of the molecule is CC[C@@H]1O[C@@]2(OC)O[C@@H]1CC[C@@]2(Cc1ccccc1)C(=O)OC. The van der Waals surface area contributed by atoms with Crippen LogP contribution in [0.1, 0.15) is 31.7 Å². The number of benzene rings is 1. The topological polar surface area (TPSA) is 54.0 Å². The largest absolute Gasteiger partial charge is 0.468 e. The first-order valence-electron chi connectivity index (χ1n) is 8.14. The molecule has 126 valence electrons. The molecule has 0 saturated carbocycles. The van der Waals surface area contributed by atoms with Crippen molar-refractivity contribution in [2.45, 2.75) is 50.8 Å². The lowest BCUT2D eigenvalue weighted by molar-refractivity contribution is -0.392. The molecule has 23 heavy (non-hydrogen) atoms. The Balaban J connectivity index is 2.02. The van der Waals surface area contributed by atoms with Crippen LogP contribution in [-0.2, 0) is 30.2 Å². The van der Waals surface area contributed by atoms with Crippen LogP contribution >= 0.6 is 0 Å². The second-order valence-corrected chi connectivity index (χ2v) is 6.26. The number of rotatable bonds is 5. The zero-order valence-corrected chi connectivity index (χ0v) is 13.9. The van der Waals surface area contributed by atoms with Crippen LogP contribution in [0.25, 0.3) is 0 Å². The number of hydrogen-bond acceptors (Lipinski definition) is 5. The van der Waals surface area contributed by atoms with Crippen molar-refractivity contribution in [2.75, 3.05) is 14.2 Å². The molecule has 0 N–H and O–H groups in total. The highest BCUT2D eigenvalue weighted by atomic mass is 16.9. The third-order valence-corrected chi connectivity index (χ3v) is 5.07. The van der Waals surface area contributed by atoms with E-state index in [4.69, 9.17) is 18.9 Å². The molecule has 5 heteroatoms. The molecular formula is C18H24O5. The molecule has 2 saturated heterocycles. The maximum absolute atomic E-state index is 12.8. The number of fused-ring (bicyclic) bond motifs is 2. The van der Waals surface area contributed by atoms with Gasteiger partial charge in [-0.3, -0.25) is 4.79 Å². The van der Waals surface area contributed by atoms with Crippen LogP contribution in [0.3, 0.4) is 0 Å². The Kier molecular flexibility index (Phi) is 4.45. The minimum atomic E-state index is -1.38. The van der Waals surface area contributed by atoms with E-state index in [-0.39, 0.29) is 18.2 Å². The number of methoxy groups -OCH3 is 2. The van der Waals surface area contributed by atoms with Crippen molar-refractivity contribution in [2.24, 2.45) is 5.41 Å². The zero-order valence-electron chi connectivity index (χ0n) is 13.9. The number of esters is 1. The van der Waals surface area contributed by atoms with E-state index in [1.54, 1.807) is 0 Å². The monoisotopic (exact) mass is 320 g/mol. The predicted molar refractivity (Wildman–Crippen MR) is 83.6 cm³/mol. The van der Waals surface area contributed by atoms with E-state index in [0.717, 1.165) is 18.4 Å². The highest BCUT2D eigenvalue weighted by Crippen LogP contribution is 2.54. The molecule has 1 aromatic carbocycles. The Morgan fingerprint density at radius 1 is 1.26 bits per heavy atom. The smallest absolute Gasteiger partial charge is 0.320 e. The van der Waals surface area contributed by atoms with Crippen molar-refractivity contribution >= 4 is 5.97 Å². The van der Waals surface area contributed by atoms with E-state index < -0.39 is 11.4 Å². The maximum Gasteiger partial charge on any atom is 0.320 e. The Hall–Kier alpha value is -1.43. The molecule has 4 atom stereocenters. The van der Waals surface area contributed by atoms with Crippen LogP contribution < -0.4 is 0 Å². The summed E-state index contributed by atoms with van der Waals surface area (Å²) in [4.78, 5) is 12.8. The molecule has 2 bridgehead atoms. The van der Waals surface area contributed by atoms with Gasteiger partial charge in [0.05, 0.1) is 19.3 Å². The van der Waals surface area contributed by atoms with Gasteiger partial charge in [0.2, 0.25) is 0 Å². The zero-order chi connectivity index (χ0) is 16.5. The van der Waals surface area contributed by atoms with E-state index >= 15 is 0 Å². The summed E-state index contributed by atoms with van der Waals surface area (Å²) in [5, 5.41) is 0. The lowest BCUT2D eigenvalue weighted by atomic mass is 9.73. The summed E-state index contributed by atoms with van der Waals surface area (Å²) in [5.41, 5.74) is 0.0260. The summed E-state index contributed by atoms with van der Waals surface area (Å²) >= 11 is 0. The quantitative estimate of drug-likeness (QED) is 0.781. The molecule has 0 radical (unpaired) electrons. The van der Waals surface area contributed by atoms with Crippen LogP contribution in [0, 0.1) is 5.41 Å². The van der Waals surface area contributed by atoms with E-state index in [1.807, 2.05) is 30.3 Å². The fourth-order valence-corrected chi connectivity index (χ4v) is 3.86. The third-order valence-electron chi connectivity index (χ3n) is 5.07. The standard InChI is InChI=1S/C18H24O5/c1-4-14-15-10-11-17(16(19)20-2,18(21-3,22-14)23-15)12-13-8-6-5-7-9-13/h5-9,14-15H,4,10-12H2,1-3H3/t14-,15+,17+,18+/m0/s1. The highest BCUT2D eigenvalue weighted by Gasteiger charge is 2.69. The summed E-state index contributed by atoms with van der Waals surface area (Å²) in [7, 11) is 2.93. The molecule has 2 aliphatic heterocycles. The van der Waals surface area contributed by atoms with Gasteiger partial charge < -0.3 is 18.9 Å². The fourth-order valence-electron chi connectivity index (χ4n) is 3.86. The molecule has 0 unspecified atom stereocenters. The fraction of sp³-hybridized carbons (Fsp3) is 0.611. The van der Waals surface area contributed by atoms with E-state index in [9.17, 15) is 4.79 Å². The number of carbonyl (C=O) groups is 1. The summed E-state index contributed by atoms with van der Waals surface area (Å²) in [6.07, 6.45) is 2.55. The second-order valence-electron chi connectivity index (χ2n) is 6.26. The van der Waals surface area contributed by atoms with Gasteiger partial charge in [0.15, 0.2) is 5.41 Å². The Morgan fingerprint density at radius 3 is 2.61 bits per heavy atom. The van der Waals surface area contributed by atoms with E-state index in [1.165, 1.54) is 14.2 Å². The van der Waals surface area contributed by atoms with Crippen molar-refractivity contribution < 1.29 is 23.7 Å². The minimum absolute atomic E-state index is 0.0338. The van der Waals surface area contributed by atoms with Crippen LogP contribution in [0.5, 0.6) is 0 Å². The average Bonchev–Trinajstić information content (AvgIpc) is 2.93. The van der Waals surface area contributed by atoms with E-state index in [2.05, 4.69) is 6.92 Å². The first-order chi connectivity index (χ1) is 11.1. The van der Waals surface area contributed by atoms with Gasteiger partial charge in [-0.05, 0) is 31.2 Å². The van der Waals surface area contributed by atoms with Crippen molar-refractivity contribution in [1.82, 2.24) is 0 Å². The van der Waals surface area contributed by atoms with Gasteiger partial charge in [-0.2, -0.15) is 0 Å². The Labute approximate surface area is 136 Å². The molecule has 2 aliphatic rings. The van der Waals surface area contributed by atoms with Crippen LogP contribution in [-0.4, -0.2) is 38.4 Å². The van der Waals surface area contributed by atoms with Gasteiger partial charge in [-0.25, -0.2) is 0 Å². The van der Waals surface area contributed by atoms with Gasteiger partial charge in [0, 0.05) is 7.11 Å². The average molecular weight is 320 g/mol. The van der Waals surface area contributed by atoms with Gasteiger partial charge in [-0.15, -0.1) is 0 Å². The normalized spacial score (nSPS) is 36.0. The lowest BCUT2D eigenvalue weighted by Crippen LogP contribution is -2.59. The molecule has 1 aromatic rings. The van der Waals surface area contributed by atoms with Crippen molar-refractivity contribution in [3.8, 4) is 0 Å². The maximum atomic E-state index is 12.8. The lowest BCUT2D eigenvalue weighted by Gasteiger charge is -2.45. The molecule has 0 spiro atoms. The van der Waals surface area contributed by atoms with Crippen LogP contribution in [0.2, 0.25) is 0 Å². The molecule has 0 aliphatic carbocycles. The number of carbonyl (C=O) groups excluding carboxylic acids is 1. The molecule has 2 fully saturated rings. The third kappa shape index (κ3) is 2.47. The Bertz CT molecular complexity index is 560. The highest BCUT2D eigenvalue weighted by molar-refractivity contribution is 5.78. The first-order valence-corrected chi connectivity index (χ1v) is 8.14. The van der Waals surface area contributed by atoms with Gasteiger partial charge >= 0.3 is 11.9 Å². The first kappa shape index (κ1) is 16.4. The summed E-state index contributed by atoms with van der Waals surface area (Å²) < 4.78 is 23.0. The molecule has 3 rings (SSSR count). The van der Waals surface area contributed by atoms with Crippen molar-refractivity contribution in [3.63, 3.8) is 0 Å². The molecule has 5 nitrogen and oxygen atoms in total. The van der Waals surface area contributed by atoms with Crippen molar-refractivity contribution in [1.29, 1.82) is 0 Å². The summed E-state index contributed by atoms with van der Waals surface area (Å²) in [6, 6.07) is 9.85. The van der Waals surface area contributed by atoms with Crippen LogP contribution in [0.15, 0.2) is 30.3 Å². The molecule has 0 aromatic heterocycles. The predicted octanol–water partition coefficient (Wildman–Crippen LogP) is 2.68. The number of hydrogen-bond donors (Lipinski definition) is 0. The van der Waals surface area contributed by atoms with Gasteiger partial charge in [0.1, 0.15) is 0 Å². The summed E-state index contributed by atoms with van der Waals surface area (Å²) in [6.45, 7) is 2.05. The van der Waals surface area contributed by atoms with E-state index in [0.29, 0.717) is 12.8 Å². The second kappa shape index (κ2) is 6.23. The number of ether oxygens (including phenoxy) is 4. The summed E-state index contributed by atoms with van der Waals surface area (Å²) in [5.74, 6) is -1.72. The van der Waals surface area contributed by atoms with Gasteiger partial charge in [0.25, 0.3) is 0 Å². The van der Waals surface area contributed by atoms with Crippen LogP contribution in [0.4, 0.5) is 0 Å². The molecule has 2 heterocycles. The van der Waals surface area contributed by atoms with Crippen molar-refractivity contribution in [3.05, 3.63) is 35.9 Å². The van der Waals surface area contributed by atoms with Gasteiger partial charge in [-0.1, -0.05) is 37.3 Å². The Morgan fingerprint density at radius 2 is 2.00 bits per heavy atom.